The third-order valence-electron chi connectivity index (χ3n) is 12.7. The summed E-state index contributed by atoms with van der Waals surface area (Å²) < 4.78 is 12.4. The number of rotatable bonds is 18. The summed E-state index contributed by atoms with van der Waals surface area (Å²) in [5, 5.41) is 42.4. The van der Waals surface area contributed by atoms with Gasteiger partial charge >= 0.3 is 0 Å². The standard InChI is InChI=1S/C44H61ClN8O9.ClH/c45-39-41(47)50-40(46)38(49-39)42(58)48-33-6-3-25-53(26-33,23-1-4-31-7-11-34(12-8-31)61-27-36(56)51-19-15-43(59,29-54)16-20-51)24-2-5-32-9-13-35(14-10-32)62-28-37(57)52-21-17-44(60,30-55)18-22-52;/h7-14,33,54-55,59-60H,1-6,15-30H2,(H4-,46,47,48,50,58);1H/t33-;/m0./s1. The summed E-state index contributed by atoms with van der Waals surface area (Å²) in [5.74, 6) is 0.331. The highest BCUT2D eigenvalue weighted by molar-refractivity contribution is 6.31. The number of aryl methyl sites for hydroxylation is 2. The van der Waals surface area contributed by atoms with Crippen molar-refractivity contribution in [3.8, 4) is 11.5 Å². The Morgan fingerprint density at radius 3 is 1.67 bits per heavy atom. The average molecular weight is 918 g/mol. The van der Waals surface area contributed by atoms with E-state index in [4.69, 9.17) is 32.5 Å². The maximum absolute atomic E-state index is 13.4. The van der Waals surface area contributed by atoms with Gasteiger partial charge in [0.25, 0.3) is 17.7 Å². The number of quaternary nitrogens is 1. The number of nitrogens with one attached hydrogen (secondary N) is 1. The van der Waals surface area contributed by atoms with Gasteiger partial charge in [-0.15, -0.1) is 0 Å². The number of halogens is 2. The Kier molecular flexibility index (Phi) is 17.6. The predicted octanol–water partition coefficient (Wildman–Crippen LogP) is -1.28. The molecule has 6 rings (SSSR count). The van der Waals surface area contributed by atoms with Crippen LogP contribution in [-0.2, 0) is 22.4 Å². The molecule has 0 unspecified atom stereocenters. The summed E-state index contributed by atoms with van der Waals surface area (Å²) in [6.07, 6.45) is 6.54. The third kappa shape index (κ3) is 13.8. The van der Waals surface area contributed by atoms with Crippen LogP contribution in [0.2, 0.25) is 5.15 Å². The van der Waals surface area contributed by atoms with Crippen LogP contribution in [0.3, 0.4) is 0 Å². The molecule has 2 aromatic carbocycles. The summed E-state index contributed by atoms with van der Waals surface area (Å²) in [7, 11) is 0. The maximum Gasteiger partial charge on any atom is 0.274 e. The third-order valence-corrected chi connectivity index (χ3v) is 13.0. The van der Waals surface area contributed by atoms with Gasteiger partial charge in [-0.3, -0.25) is 14.4 Å². The van der Waals surface area contributed by atoms with Gasteiger partial charge in [0.05, 0.1) is 56.6 Å². The molecule has 3 aliphatic heterocycles. The number of nitrogen functional groups attached to an aromatic ring is 2. The van der Waals surface area contributed by atoms with E-state index in [0.717, 1.165) is 80.3 Å². The molecule has 1 atom stereocenters. The second-order valence-corrected chi connectivity index (χ2v) is 17.6. The number of nitrogens with zero attached hydrogens (tertiary/aromatic N) is 5. The van der Waals surface area contributed by atoms with E-state index < -0.39 is 17.1 Å². The zero-order chi connectivity index (χ0) is 44.3. The number of hydrogen-bond donors (Lipinski definition) is 7. The number of nitrogens with two attached hydrogens (primary N) is 2. The van der Waals surface area contributed by atoms with Crippen LogP contribution in [0.25, 0.3) is 0 Å². The van der Waals surface area contributed by atoms with Crippen molar-refractivity contribution in [2.75, 3.05) is 90.3 Å². The first-order valence-electron chi connectivity index (χ1n) is 21.6. The van der Waals surface area contributed by atoms with Crippen LogP contribution in [0.1, 0.15) is 73.0 Å². The monoisotopic (exact) mass is 916 g/mol. The highest BCUT2D eigenvalue weighted by atomic mass is 35.5. The van der Waals surface area contributed by atoms with Crippen LogP contribution in [-0.4, -0.2) is 158 Å². The zero-order valence-electron chi connectivity index (χ0n) is 35.7. The lowest BCUT2D eigenvalue weighted by molar-refractivity contribution is -0.933. The predicted molar refractivity (Wildman–Crippen MR) is 232 cm³/mol. The number of piperidine rings is 3. The summed E-state index contributed by atoms with van der Waals surface area (Å²) in [4.78, 5) is 50.2. The van der Waals surface area contributed by atoms with E-state index in [9.17, 15) is 34.8 Å². The Morgan fingerprint density at radius 2 is 1.22 bits per heavy atom. The zero-order valence-corrected chi connectivity index (χ0v) is 37.2. The molecule has 3 fully saturated rings. The SMILES string of the molecule is Nc1nc(N)c(C(=O)N[C@H]2CCC[N+](CCCc3ccc(OCC(=O)N4CCC(O)(CO)CC4)cc3)(CCCc3ccc(OCC(=O)N4CCC(O)(CO)CC4)cc3)C2)nc1Cl.[Cl-]. The number of carbonyl (C=O) groups is 3. The number of ether oxygens (including phenoxy) is 2. The summed E-state index contributed by atoms with van der Waals surface area (Å²) in [6.45, 7) is 4.17. The molecule has 3 amide bonds. The molecule has 1 aromatic heterocycles. The Morgan fingerprint density at radius 1 is 0.762 bits per heavy atom. The summed E-state index contributed by atoms with van der Waals surface area (Å²) in [6, 6.07) is 15.5. The van der Waals surface area contributed by atoms with Crippen molar-refractivity contribution in [1.82, 2.24) is 25.1 Å². The first-order valence-corrected chi connectivity index (χ1v) is 22.0. The maximum atomic E-state index is 13.4. The lowest BCUT2D eigenvalue weighted by atomic mass is 9.92. The first-order chi connectivity index (χ1) is 29.7. The van der Waals surface area contributed by atoms with Crippen LogP contribution in [0.4, 0.5) is 11.6 Å². The fourth-order valence-electron chi connectivity index (χ4n) is 8.70. The molecule has 3 aromatic rings. The average Bonchev–Trinajstić information content (AvgIpc) is 3.27. The van der Waals surface area contributed by atoms with Crippen molar-refractivity contribution in [1.29, 1.82) is 0 Å². The molecule has 17 nitrogen and oxygen atoms in total. The van der Waals surface area contributed by atoms with Crippen molar-refractivity contribution >= 4 is 41.0 Å². The number of aromatic nitrogens is 2. The smallest absolute Gasteiger partial charge is 0.274 e. The van der Waals surface area contributed by atoms with E-state index in [-0.39, 0.29) is 79.2 Å². The van der Waals surface area contributed by atoms with E-state index >= 15 is 0 Å². The highest BCUT2D eigenvalue weighted by Gasteiger charge is 2.37. The van der Waals surface area contributed by atoms with Crippen LogP contribution in [0.5, 0.6) is 11.5 Å². The number of aliphatic hydroxyl groups excluding tert-OH is 2. The summed E-state index contributed by atoms with van der Waals surface area (Å²) in [5.41, 5.74) is 11.7. The number of carbonyl (C=O) groups excluding carboxylic acids is 3. The molecular formula is C44H62Cl2N8O9. The van der Waals surface area contributed by atoms with Crippen molar-refractivity contribution in [2.45, 2.75) is 81.5 Å². The number of aliphatic hydroxyl groups is 4. The van der Waals surface area contributed by atoms with Crippen molar-refractivity contribution in [3.05, 3.63) is 70.5 Å². The second kappa shape index (κ2) is 22.4. The van der Waals surface area contributed by atoms with E-state index in [1.54, 1.807) is 9.80 Å². The van der Waals surface area contributed by atoms with Gasteiger partial charge in [0, 0.05) is 39.0 Å². The number of hydrogen-bond acceptors (Lipinski definition) is 13. The Balaban J connectivity index is 0.00000748. The normalized spacial score (nSPS) is 19.1. The van der Waals surface area contributed by atoms with E-state index in [1.807, 2.05) is 48.5 Å². The molecule has 3 aliphatic rings. The molecular weight excluding hydrogens is 855 g/mol. The van der Waals surface area contributed by atoms with Crippen LogP contribution >= 0.6 is 11.6 Å². The number of benzene rings is 2. The Bertz CT molecular complexity index is 1880. The first kappa shape index (κ1) is 49.5. The van der Waals surface area contributed by atoms with Gasteiger partial charge in [-0.1, -0.05) is 35.9 Å². The fourth-order valence-corrected chi connectivity index (χ4v) is 8.82. The number of anilines is 2. The molecule has 0 bridgehead atoms. The lowest BCUT2D eigenvalue weighted by Gasteiger charge is -2.45. The van der Waals surface area contributed by atoms with E-state index in [0.29, 0.717) is 63.4 Å². The van der Waals surface area contributed by atoms with Crippen LogP contribution in [0, 0.1) is 0 Å². The lowest BCUT2D eigenvalue weighted by Crippen LogP contribution is -3.00. The number of likely N-dealkylation sites (tertiary alicyclic amines) is 3. The van der Waals surface area contributed by atoms with Crippen LogP contribution in [0.15, 0.2) is 48.5 Å². The Hall–Kier alpha value is -4.49. The van der Waals surface area contributed by atoms with Crippen molar-refractivity contribution < 1.29 is 61.2 Å². The van der Waals surface area contributed by atoms with E-state index in [1.165, 1.54) is 0 Å². The Labute approximate surface area is 379 Å². The topological polar surface area (TPSA) is 247 Å². The highest BCUT2D eigenvalue weighted by Crippen LogP contribution is 2.26. The fraction of sp³-hybridized carbons (Fsp3) is 0.568. The van der Waals surface area contributed by atoms with Gasteiger partial charge in [0.2, 0.25) is 0 Å². The van der Waals surface area contributed by atoms with Gasteiger partial charge in [-0.05, 0) is 86.8 Å². The van der Waals surface area contributed by atoms with Crippen molar-refractivity contribution in [3.63, 3.8) is 0 Å². The van der Waals surface area contributed by atoms with Gasteiger partial charge < -0.3 is 73.4 Å². The molecule has 0 radical (unpaired) electrons. The van der Waals surface area contributed by atoms with Gasteiger partial charge in [0.1, 0.15) is 11.5 Å². The van der Waals surface area contributed by atoms with Gasteiger partial charge in [0.15, 0.2) is 35.7 Å². The van der Waals surface area contributed by atoms with E-state index in [2.05, 4.69) is 15.3 Å². The number of amides is 3. The molecule has 0 saturated carbocycles. The van der Waals surface area contributed by atoms with Crippen LogP contribution < -0.4 is 38.7 Å². The molecule has 3 saturated heterocycles. The minimum atomic E-state index is -1.12. The largest absolute Gasteiger partial charge is 1.00 e. The molecule has 19 heteroatoms. The quantitative estimate of drug-likeness (QED) is 0.0737. The minimum Gasteiger partial charge on any atom is -1.00 e. The molecule has 0 spiro atoms. The summed E-state index contributed by atoms with van der Waals surface area (Å²) >= 11 is 6.08. The molecule has 4 heterocycles. The second-order valence-electron chi connectivity index (χ2n) is 17.2. The minimum absolute atomic E-state index is 0. The van der Waals surface area contributed by atoms with Gasteiger partial charge in [-0.25, -0.2) is 9.97 Å². The molecule has 63 heavy (non-hydrogen) atoms. The molecule has 9 N–H and O–H groups in total. The van der Waals surface area contributed by atoms with Crippen molar-refractivity contribution in [2.24, 2.45) is 0 Å². The molecule has 346 valence electrons. The van der Waals surface area contributed by atoms with Gasteiger partial charge in [-0.2, -0.15) is 0 Å². The molecule has 0 aliphatic carbocycles.